The molecule has 0 saturated carbocycles. The third-order valence-electron chi connectivity index (χ3n) is 12.2. The lowest BCUT2D eigenvalue weighted by molar-refractivity contribution is 0.456. The summed E-state index contributed by atoms with van der Waals surface area (Å²) in [6.45, 7) is 0. The molecule has 2 aliphatic rings. The number of aromatic nitrogens is 3. The molecule has 0 radical (unpaired) electrons. The maximum absolute atomic E-state index is 6.60. The summed E-state index contributed by atoms with van der Waals surface area (Å²) in [5.74, 6) is 2.65. The quantitative estimate of drug-likeness (QED) is 0.180. The first-order valence-electron chi connectivity index (χ1n) is 19.8. The highest BCUT2D eigenvalue weighted by Gasteiger charge is 2.36. The molecule has 57 heavy (non-hydrogen) atoms. The molecule has 4 nitrogen and oxygen atoms in total. The average Bonchev–Trinajstić information content (AvgIpc) is 3.79. The molecule has 0 aliphatic heterocycles. The van der Waals surface area contributed by atoms with Crippen LogP contribution in [0.15, 0.2) is 174 Å². The Hall–Kier alpha value is -6.69. The molecule has 10 aromatic rings. The van der Waals surface area contributed by atoms with Crippen molar-refractivity contribution in [2.24, 2.45) is 5.92 Å². The van der Waals surface area contributed by atoms with Crippen molar-refractivity contribution in [3.8, 4) is 34.2 Å². The van der Waals surface area contributed by atoms with Crippen LogP contribution < -0.4 is 0 Å². The van der Waals surface area contributed by atoms with Crippen LogP contribution in [-0.2, 0) is 6.42 Å². The molecule has 0 amide bonds. The second-order valence-corrected chi connectivity index (χ2v) is 16.5. The average molecular weight is 750 g/mol. The van der Waals surface area contributed by atoms with Crippen LogP contribution in [0.1, 0.15) is 34.9 Å². The Labute approximate surface area is 333 Å². The molecular weight excluding hydrogens is 715 g/mol. The molecule has 0 saturated heterocycles. The van der Waals surface area contributed by atoms with Crippen molar-refractivity contribution in [1.29, 1.82) is 0 Å². The fourth-order valence-electron chi connectivity index (χ4n) is 9.51. The molecule has 270 valence electrons. The smallest absolute Gasteiger partial charge is 0.164 e. The molecule has 3 aromatic heterocycles. The number of para-hydroxylation sites is 1. The molecule has 0 bridgehead atoms. The number of nitrogens with zero attached hydrogens (tertiary/aromatic N) is 3. The third kappa shape index (κ3) is 5.37. The van der Waals surface area contributed by atoms with Crippen LogP contribution in [0.4, 0.5) is 0 Å². The lowest BCUT2D eigenvalue weighted by Gasteiger charge is -2.31. The second kappa shape index (κ2) is 12.9. The highest BCUT2D eigenvalue weighted by atomic mass is 32.1. The fraction of sp³-hybridized carbons (Fsp3) is 0.0962. The monoisotopic (exact) mass is 749 g/mol. The molecule has 3 atom stereocenters. The van der Waals surface area contributed by atoms with Gasteiger partial charge in [-0.25, -0.2) is 15.0 Å². The first-order chi connectivity index (χ1) is 28.2. The van der Waals surface area contributed by atoms with Crippen LogP contribution in [0.3, 0.4) is 0 Å². The Bertz CT molecular complexity index is 3280. The number of furan rings is 1. The molecule has 3 heterocycles. The van der Waals surface area contributed by atoms with Gasteiger partial charge in [0.25, 0.3) is 0 Å². The van der Waals surface area contributed by atoms with Gasteiger partial charge >= 0.3 is 0 Å². The minimum atomic E-state index is 0.189. The Morgan fingerprint density at radius 1 is 0.509 bits per heavy atom. The number of thiophene rings is 1. The van der Waals surface area contributed by atoms with Crippen LogP contribution in [0.25, 0.3) is 87.0 Å². The zero-order valence-corrected chi connectivity index (χ0v) is 31.8. The number of allylic oxidation sites excluding steroid dienone is 4. The van der Waals surface area contributed by atoms with E-state index >= 15 is 0 Å². The molecule has 2 aliphatic carbocycles. The van der Waals surface area contributed by atoms with E-state index in [9.17, 15) is 0 Å². The normalized spacial score (nSPS) is 17.7. The molecule has 0 N–H and O–H groups in total. The summed E-state index contributed by atoms with van der Waals surface area (Å²) in [6.07, 6.45) is 11.3. The molecule has 2 unspecified atom stereocenters. The van der Waals surface area contributed by atoms with E-state index in [1.807, 2.05) is 35.6 Å². The van der Waals surface area contributed by atoms with Crippen LogP contribution in [0.5, 0.6) is 0 Å². The second-order valence-electron chi connectivity index (χ2n) is 15.4. The highest BCUT2D eigenvalue weighted by Crippen LogP contribution is 2.50. The highest BCUT2D eigenvalue weighted by molar-refractivity contribution is 7.25. The summed E-state index contributed by atoms with van der Waals surface area (Å²) in [5, 5.41) is 7.31. The first-order valence-corrected chi connectivity index (χ1v) is 20.6. The SMILES string of the molecule is C1=CC2c3cc4ccccc4cc3CC[C@@H](c3cc4c(cc3-c3nc(-c5ccccc5)nc(-c5ccc6sc7ccccc7c6c5)n3)oc3ccccc34)C2C=C1. The van der Waals surface area contributed by atoms with E-state index in [0.29, 0.717) is 17.5 Å². The number of fused-ring (bicyclic) bond motifs is 10. The van der Waals surface area contributed by atoms with Gasteiger partial charge in [-0.3, -0.25) is 0 Å². The number of hydrogen-bond acceptors (Lipinski definition) is 5. The van der Waals surface area contributed by atoms with Crippen molar-refractivity contribution in [2.75, 3.05) is 0 Å². The molecule has 5 heteroatoms. The largest absolute Gasteiger partial charge is 0.456 e. The van der Waals surface area contributed by atoms with Crippen molar-refractivity contribution < 1.29 is 4.42 Å². The summed E-state index contributed by atoms with van der Waals surface area (Å²) in [6, 6.07) is 52.1. The zero-order valence-electron chi connectivity index (χ0n) is 31.0. The van der Waals surface area contributed by atoms with Gasteiger partial charge in [-0.2, -0.15) is 0 Å². The Balaban J connectivity index is 1.09. The van der Waals surface area contributed by atoms with Gasteiger partial charge in [0.15, 0.2) is 17.5 Å². The molecular formula is C52H35N3OS. The predicted octanol–water partition coefficient (Wildman–Crippen LogP) is 13.8. The van der Waals surface area contributed by atoms with E-state index in [4.69, 9.17) is 19.4 Å². The Kier molecular flexibility index (Phi) is 7.39. The van der Waals surface area contributed by atoms with Gasteiger partial charge in [0.2, 0.25) is 0 Å². The van der Waals surface area contributed by atoms with Crippen LogP contribution in [0.2, 0.25) is 0 Å². The summed E-state index contributed by atoms with van der Waals surface area (Å²) in [5.41, 5.74) is 8.75. The van der Waals surface area contributed by atoms with Gasteiger partial charge < -0.3 is 4.42 Å². The van der Waals surface area contributed by atoms with Crippen LogP contribution in [0, 0.1) is 5.92 Å². The van der Waals surface area contributed by atoms with Gasteiger partial charge in [-0.15, -0.1) is 11.3 Å². The predicted molar refractivity (Wildman–Crippen MR) is 236 cm³/mol. The van der Waals surface area contributed by atoms with Crippen molar-refractivity contribution >= 4 is 64.2 Å². The number of benzene rings is 7. The van der Waals surface area contributed by atoms with Crippen molar-refractivity contribution in [1.82, 2.24) is 15.0 Å². The standard InChI is InChI=1S/C52H35N3OS/c1-2-12-31(13-3-1)50-53-51(35-23-25-49-44(28-35)40-19-9-11-21-48(40)57-49)55-52(54-50)45-30-47-43(39-18-8-10-20-46(39)56-47)29-42(45)38-24-22-34-26-32-14-4-5-15-33(32)27-41(34)37-17-7-6-16-36(37)38/h1-21,23,25-30,36-38H,22,24H2/t36?,37?,38-/m1/s1. The van der Waals surface area contributed by atoms with Crippen molar-refractivity contribution in [3.05, 3.63) is 187 Å². The lowest BCUT2D eigenvalue weighted by Crippen LogP contribution is -2.19. The Morgan fingerprint density at radius 2 is 1.23 bits per heavy atom. The molecule has 0 spiro atoms. The van der Waals surface area contributed by atoms with Crippen molar-refractivity contribution in [2.45, 2.75) is 24.7 Å². The van der Waals surface area contributed by atoms with Crippen LogP contribution in [-0.4, -0.2) is 15.0 Å². The minimum Gasteiger partial charge on any atom is -0.456 e. The van der Waals surface area contributed by atoms with Crippen molar-refractivity contribution in [3.63, 3.8) is 0 Å². The van der Waals surface area contributed by atoms with Gasteiger partial charge in [0.1, 0.15) is 11.2 Å². The number of hydrogen-bond donors (Lipinski definition) is 0. The van der Waals surface area contributed by atoms with E-state index in [2.05, 4.69) is 146 Å². The minimum absolute atomic E-state index is 0.189. The van der Waals surface area contributed by atoms with Gasteiger partial charge in [0.05, 0.1) is 0 Å². The number of aryl methyl sites for hydroxylation is 1. The molecule has 12 rings (SSSR count). The summed E-state index contributed by atoms with van der Waals surface area (Å²) < 4.78 is 9.13. The lowest BCUT2D eigenvalue weighted by atomic mass is 9.72. The summed E-state index contributed by atoms with van der Waals surface area (Å²) >= 11 is 1.82. The zero-order chi connectivity index (χ0) is 37.5. The van der Waals surface area contributed by atoms with Gasteiger partial charge in [-0.1, -0.05) is 127 Å². The van der Waals surface area contributed by atoms with E-state index in [1.165, 1.54) is 47.6 Å². The molecule has 0 fully saturated rings. The molecule has 7 aromatic carbocycles. The third-order valence-corrected chi connectivity index (χ3v) is 13.4. The van der Waals surface area contributed by atoms with Crippen LogP contribution >= 0.6 is 11.3 Å². The van der Waals surface area contributed by atoms with Gasteiger partial charge in [0, 0.05) is 53.6 Å². The van der Waals surface area contributed by atoms with E-state index < -0.39 is 0 Å². The summed E-state index contributed by atoms with van der Waals surface area (Å²) in [7, 11) is 0. The van der Waals surface area contributed by atoms with E-state index in [1.54, 1.807) is 0 Å². The number of rotatable bonds is 4. The maximum Gasteiger partial charge on any atom is 0.164 e. The Morgan fingerprint density at radius 3 is 2.12 bits per heavy atom. The first kappa shape index (κ1) is 32.5. The maximum atomic E-state index is 6.60. The van der Waals surface area contributed by atoms with E-state index in [-0.39, 0.29) is 17.8 Å². The summed E-state index contributed by atoms with van der Waals surface area (Å²) in [4.78, 5) is 15.9. The fourth-order valence-corrected chi connectivity index (χ4v) is 10.6. The topological polar surface area (TPSA) is 51.8 Å². The van der Waals surface area contributed by atoms with E-state index in [0.717, 1.165) is 51.5 Å². The van der Waals surface area contributed by atoms with Gasteiger partial charge in [-0.05, 0) is 94.6 Å².